The fraction of sp³-hybridized carbons (Fsp3) is 0.714. The number of rotatable bonds is 4. The monoisotopic (exact) mass is 316 g/mol. The largest absolute Gasteiger partial charge is 0.508 e. The van der Waals surface area contributed by atoms with Crippen molar-refractivity contribution in [1.82, 2.24) is 0 Å². The van der Waals surface area contributed by atoms with Gasteiger partial charge in [0.05, 0.1) is 0 Å². The van der Waals surface area contributed by atoms with Gasteiger partial charge in [-0.1, -0.05) is 33.1 Å². The molecule has 0 bridgehead atoms. The lowest BCUT2D eigenvalue weighted by Gasteiger charge is -2.48. The molecular weight excluding hydrogens is 284 g/mol. The number of aromatic hydroxyl groups is 1. The minimum absolute atomic E-state index is 0.133. The number of unbranched alkanes of at least 4 members (excludes halogenated alkanes) is 2. The Morgan fingerprint density at radius 3 is 2.74 bits per heavy atom. The smallest absolute Gasteiger partial charge is 0.127 e. The molecule has 1 fully saturated rings. The number of phenols is 1. The molecule has 0 amide bonds. The Morgan fingerprint density at radius 1 is 1.22 bits per heavy atom. The first-order valence-corrected chi connectivity index (χ1v) is 9.47. The first-order valence-electron chi connectivity index (χ1n) is 9.47. The second-order valence-electron chi connectivity index (χ2n) is 8.32. The molecule has 1 saturated carbocycles. The quantitative estimate of drug-likeness (QED) is 0.710. The molecular formula is C21H32O2. The molecule has 3 atom stereocenters. The van der Waals surface area contributed by atoms with E-state index in [1.54, 1.807) is 0 Å². The topological polar surface area (TPSA) is 29.5 Å². The van der Waals surface area contributed by atoms with Crippen molar-refractivity contribution >= 4 is 0 Å². The van der Waals surface area contributed by atoms with Crippen LogP contribution < -0.4 is 4.74 Å². The van der Waals surface area contributed by atoms with Crippen LogP contribution in [0.25, 0.3) is 0 Å². The highest BCUT2D eigenvalue weighted by Gasteiger charge is 2.47. The summed E-state index contributed by atoms with van der Waals surface area (Å²) >= 11 is 0. The minimum Gasteiger partial charge on any atom is -0.508 e. The SMILES string of the molecule is CCCCCc1cc(O)c2c(c1)OC(C)(C)[C@H]1CC[C@H](C)C[C@H]21. The number of phenolic OH excluding ortho intramolecular Hbond substituents is 1. The second kappa shape index (κ2) is 6.37. The van der Waals surface area contributed by atoms with Gasteiger partial charge in [-0.2, -0.15) is 0 Å². The molecule has 1 aromatic rings. The van der Waals surface area contributed by atoms with Gasteiger partial charge in [0.15, 0.2) is 0 Å². The van der Waals surface area contributed by atoms with Gasteiger partial charge in [-0.15, -0.1) is 0 Å². The van der Waals surface area contributed by atoms with Gasteiger partial charge in [0.1, 0.15) is 17.1 Å². The van der Waals surface area contributed by atoms with E-state index in [2.05, 4.69) is 33.8 Å². The molecule has 1 aliphatic heterocycles. The summed E-state index contributed by atoms with van der Waals surface area (Å²) in [5.41, 5.74) is 2.17. The summed E-state index contributed by atoms with van der Waals surface area (Å²) < 4.78 is 6.39. The lowest BCUT2D eigenvalue weighted by atomic mass is 9.64. The van der Waals surface area contributed by atoms with E-state index < -0.39 is 0 Å². The number of benzene rings is 1. The van der Waals surface area contributed by atoms with Crippen LogP contribution in [-0.4, -0.2) is 10.7 Å². The van der Waals surface area contributed by atoms with E-state index in [9.17, 15) is 5.11 Å². The van der Waals surface area contributed by atoms with E-state index in [1.165, 1.54) is 44.1 Å². The molecule has 0 aromatic heterocycles. The van der Waals surface area contributed by atoms with Crippen LogP contribution >= 0.6 is 0 Å². The minimum atomic E-state index is -0.133. The van der Waals surface area contributed by atoms with Crippen LogP contribution in [0.3, 0.4) is 0 Å². The Kier molecular flexibility index (Phi) is 4.62. The zero-order chi connectivity index (χ0) is 16.6. The lowest BCUT2D eigenvalue weighted by Crippen LogP contribution is -2.46. The van der Waals surface area contributed by atoms with Crippen LogP contribution in [-0.2, 0) is 6.42 Å². The Bertz CT molecular complexity index is 561. The molecule has 1 aromatic carbocycles. The van der Waals surface area contributed by atoms with Crippen molar-refractivity contribution in [2.45, 2.75) is 84.2 Å². The van der Waals surface area contributed by atoms with Crippen LogP contribution in [0.1, 0.15) is 83.3 Å². The molecule has 1 heterocycles. The van der Waals surface area contributed by atoms with Gasteiger partial charge in [0.25, 0.3) is 0 Å². The van der Waals surface area contributed by atoms with Gasteiger partial charge in [-0.3, -0.25) is 0 Å². The first-order chi connectivity index (χ1) is 10.9. The van der Waals surface area contributed by atoms with Crippen LogP contribution in [0.4, 0.5) is 0 Å². The highest BCUT2D eigenvalue weighted by Crippen LogP contribution is 2.55. The van der Waals surface area contributed by atoms with Gasteiger partial charge >= 0.3 is 0 Å². The summed E-state index contributed by atoms with van der Waals surface area (Å²) in [6.07, 6.45) is 8.33. The van der Waals surface area contributed by atoms with Crippen molar-refractivity contribution in [2.75, 3.05) is 0 Å². The zero-order valence-electron chi connectivity index (χ0n) is 15.2. The van der Waals surface area contributed by atoms with Crippen LogP contribution in [0.15, 0.2) is 12.1 Å². The summed E-state index contributed by atoms with van der Waals surface area (Å²) in [6, 6.07) is 4.19. The van der Waals surface area contributed by atoms with Crippen LogP contribution in [0.2, 0.25) is 0 Å². The molecule has 0 radical (unpaired) electrons. The zero-order valence-corrected chi connectivity index (χ0v) is 15.2. The Morgan fingerprint density at radius 2 is 2.00 bits per heavy atom. The van der Waals surface area contributed by atoms with Crippen LogP contribution in [0, 0.1) is 11.8 Å². The van der Waals surface area contributed by atoms with E-state index in [-0.39, 0.29) is 5.60 Å². The molecule has 2 heteroatoms. The molecule has 2 aliphatic rings. The highest BCUT2D eigenvalue weighted by atomic mass is 16.5. The van der Waals surface area contributed by atoms with Gasteiger partial charge in [0.2, 0.25) is 0 Å². The van der Waals surface area contributed by atoms with Crippen molar-refractivity contribution in [3.8, 4) is 11.5 Å². The van der Waals surface area contributed by atoms with Crippen molar-refractivity contribution in [1.29, 1.82) is 0 Å². The molecule has 0 unspecified atom stereocenters. The number of hydrogen-bond donors (Lipinski definition) is 1. The third-order valence-corrected chi connectivity index (χ3v) is 6.00. The number of fused-ring (bicyclic) bond motifs is 3. The van der Waals surface area contributed by atoms with E-state index >= 15 is 0 Å². The van der Waals surface area contributed by atoms with E-state index in [1.807, 2.05) is 6.07 Å². The second-order valence-corrected chi connectivity index (χ2v) is 8.32. The third-order valence-electron chi connectivity index (χ3n) is 6.00. The maximum atomic E-state index is 10.7. The van der Waals surface area contributed by atoms with Crippen molar-refractivity contribution < 1.29 is 9.84 Å². The number of aryl methyl sites for hydroxylation is 1. The predicted molar refractivity (Wildman–Crippen MR) is 95.3 cm³/mol. The van der Waals surface area contributed by atoms with Crippen molar-refractivity contribution in [2.24, 2.45) is 11.8 Å². The molecule has 3 rings (SSSR count). The van der Waals surface area contributed by atoms with E-state index in [0.29, 0.717) is 17.6 Å². The Hall–Kier alpha value is -1.18. The predicted octanol–water partition coefficient (Wildman–Crippen LogP) is 5.82. The number of hydrogen-bond acceptors (Lipinski definition) is 2. The van der Waals surface area contributed by atoms with Crippen LogP contribution in [0.5, 0.6) is 11.5 Å². The summed E-state index contributed by atoms with van der Waals surface area (Å²) in [5, 5.41) is 10.7. The Labute approximate surface area is 141 Å². The molecule has 1 N–H and O–H groups in total. The lowest BCUT2D eigenvalue weighted by molar-refractivity contribution is -0.0145. The van der Waals surface area contributed by atoms with Crippen molar-refractivity contribution in [3.63, 3.8) is 0 Å². The summed E-state index contributed by atoms with van der Waals surface area (Å²) in [5.74, 6) is 3.11. The highest BCUT2D eigenvalue weighted by molar-refractivity contribution is 5.52. The standard InChI is InChI=1S/C21H32O2/c1-5-6-7-8-15-12-18(22)20-16-11-14(2)9-10-17(16)21(3,4)23-19(20)13-15/h12-14,16-17,22H,5-11H2,1-4H3/t14-,16-,17-/m0/s1. The van der Waals surface area contributed by atoms with Gasteiger partial charge in [-0.25, -0.2) is 0 Å². The molecule has 23 heavy (non-hydrogen) atoms. The molecule has 2 nitrogen and oxygen atoms in total. The fourth-order valence-corrected chi connectivity index (χ4v) is 4.74. The fourth-order valence-electron chi connectivity index (χ4n) is 4.74. The Balaban J connectivity index is 1.94. The summed E-state index contributed by atoms with van der Waals surface area (Å²) in [4.78, 5) is 0. The average Bonchev–Trinajstić information content (AvgIpc) is 2.46. The van der Waals surface area contributed by atoms with Gasteiger partial charge < -0.3 is 9.84 Å². The average molecular weight is 316 g/mol. The molecule has 128 valence electrons. The summed E-state index contributed by atoms with van der Waals surface area (Å²) in [7, 11) is 0. The molecule has 0 spiro atoms. The molecule has 1 aliphatic carbocycles. The van der Waals surface area contributed by atoms with E-state index in [0.717, 1.165) is 23.7 Å². The normalized spacial score (nSPS) is 28.6. The maximum absolute atomic E-state index is 10.7. The van der Waals surface area contributed by atoms with Gasteiger partial charge in [-0.05, 0) is 69.1 Å². The number of ether oxygens (including phenoxy) is 1. The maximum Gasteiger partial charge on any atom is 0.127 e. The van der Waals surface area contributed by atoms with E-state index in [4.69, 9.17) is 4.74 Å². The first kappa shape index (κ1) is 16.7. The van der Waals surface area contributed by atoms with Crippen molar-refractivity contribution in [3.05, 3.63) is 23.3 Å². The summed E-state index contributed by atoms with van der Waals surface area (Å²) in [6.45, 7) is 9.02. The third kappa shape index (κ3) is 3.22. The molecule has 0 saturated heterocycles. The van der Waals surface area contributed by atoms with Gasteiger partial charge in [0, 0.05) is 11.5 Å².